The number of carbonyl (C=O) groups is 1. The lowest BCUT2D eigenvalue weighted by Crippen LogP contribution is -2.21. The molecular weight excluding hydrogens is 350 g/mol. The summed E-state index contributed by atoms with van der Waals surface area (Å²) in [5.41, 5.74) is 11.5. The number of amides is 1. The maximum atomic E-state index is 11.9. The van der Waals surface area contributed by atoms with Crippen LogP contribution in [-0.4, -0.2) is 22.9 Å². The molecule has 0 saturated heterocycles. The summed E-state index contributed by atoms with van der Waals surface area (Å²) in [6.45, 7) is 0.761. The molecule has 0 fully saturated rings. The van der Waals surface area contributed by atoms with Crippen LogP contribution < -0.4 is 16.4 Å². The molecule has 6 nitrogen and oxygen atoms in total. The second-order valence-corrected chi connectivity index (χ2v) is 6.94. The molecule has 1 heterocycles. The lowest BCUT2D eigenvalue weighted by Gasteiger charge is -2.14. The first-order chi connectivity index (χ1) is 13.7. The Morgan fingerprint density at radius 3 is 2.93 bits per heavy atom. The number of anilines is 1. The Hall–Kier alpha value is -3.25. The van der Waals surface area contributed by atoms with Crippen LogP contribution in [-0.2, 0) is 13.0 Å². The number of fused-ring (bicyclic) bond motifs is 1. The number of hydrogen-bond donors (Lipinski definition) is 3. The van der Waals surface area contributed by atoms with Crippen molar-refractivity contribution in [3.8, 4) is 11.3 Å². The molecule has 0 bridgehead atoms. The molecule has 6 heteroatoms. The fourth-order valence-electron chi connectivity index (χ4n) is 3.67. The summed E-state index contributed by atoms with van der Waals surface area (Å²) in [4.78, 5) is 20.5. The zero-order chi connectivity index (χ0) is 19.5. The highest BCUT2D eigenvalue weighted by Crippen LogP contribution is 2.31. The van der Waals surface area contributed by atoms with Crippen LogP contribution in [0.4, 0.5) is 5.82 Å². The molecule has 0 saturated carbocycles. The van der Waals surface area contributed by atoms with Gasteiger partial charge in [0.1, 0.15) is 0 Å². The molecule has 2 aromatic carbocycles. The predicted octanol–water partition coefficient (Wildman–Crippen LogP) is 2.86. The van der Waals surface area contributed by atoms with E-state index in [4.69, 9.17) is 5.73 Å². The SMILES string of the molecule is CNC(=O)c1nc(-c2cccc(CNC3CCc4ccccc43)c2)cnc1N. The number of aromatic nitrogens is 2. The van der Waals surface area contributed by atoms with Crippen LogP contribution in [0.15, 0.2) is 54.7 Å². The third kappa shape index (κ3) is 3.59. The van der Waals surface area contributed by atoms with Gasteiger partial charge in [0.25, 0.3) is 5.91 Å². The third-order valence-electron chi connectivity index (χ3n) is 5.15. The lowest BCUT2D eigenvalue weighted by molar-refractivity contribution is 0.0959. The molecule has 4 N–H and O–H groups in total. The first-order valence-corrected chi connectivity index (χ1v) is 9.41. The molecule has 1 amide bonds. The molecule has 0 aliphatic heterocycles. The van der Waals surface area contributed by atoms with Crippen molar-refractivity contribution in [3.05, 3.63) is 77.1 Å². The maximum absolute atomic E-state index is 11.9. The second-order valence-electron chi connectivity index (χ2n) is 6.94. The van der Waals surface area contributed by atoms with E-state index in [0.29, 0.717) is 11.7 Å². The van der Waals surface area contributed by atoms with E-state index >= 15 is 0 Å². The second kappa shape index (κ2) is 7.78. The molecule has 142 valence electrons. The van der Waals surface area contributed by atoms with Gasteiger partial charge in [-0.25, -0.2) is 9.97 Å². The number of benzene rings is 2. The number of aryl methyl sites for hydroxylation is 1. The number of carbonyl (C=O) groups excluding carboxylic acids is 1. The zero-order valence-corrected chi connectivity index (χ0v) is 15.8. The summed E-state index contributed by atoms with van der Waals surface area (Å²) in [7, 11) is 1.55. The normalized spacial score (nSPS) is 15.2. The molecule has 1 atom stereocenters. The average molecular weight is 373 g/mol. The summed E-state index contributed by atoms with van der Waals surface area (Å²) in [6.07, 6.45) is 3.84. The van der Waals surface area contributed by atoms with Gasteiger partial charge in [0, 0.05) is 25.2 Å². The van der Waals surface area contributed by atoms with Crippen LogP contribution in [0.3, 0.4) is 0 Å². The predicted molar refractivity (Wildman–Crippen MR) is 110 cm³/mol. The van der Waals surface area contributed by atoms with E-state index < -0.39 is 0 Å². The van der Waals surface area contributed by atoms with Crippen LogP contribution in [0.2, 0.25) is 0 Å². The Bertz CT molecular complexity index is 1020. The average Bonchev–Trinajstić information content (AvgIpc) is 3.15. The highest BCUT2D eigenvalue weighted by molar-refractivity contribution is 5.96. The van der Waals surface area contributed by atoms with Crippen molar-refractivity contribution in [2.45, 2.75) is 25.4 Å². The molecule has 1 unspecified atom stereocenters. The van der Waals surface area contributed by atoms with Crippen LogP contribution in [0.25, 0.3) is 11.3 Å². The molecule has 3 aromatic rings. The van der Waals surface area contributed by atoms with Gasteiger partial charge >= 0.3 is 0 Å². The van der Waals surface area contributed by atoms with E-state index in [1.165, 1.54) is 11.1 Å². The fraction of sp³-hybridized carbons (Fsp3) is 0.227. The number of nitrogens with two attached hydrogens (primary N) is 1. The monoisotopic (exact) mass is 373 g/mol. The minimum absolute atomic E-state index is 0.126. The molecule has 1 aliphatic carbocycles. The van der Waals surface area contributed by atoms with Crippen LogP contribution in [0, 0.1) is 0 Å². The number of nitrogens with one attached hydrogen (secondary N) is 2. The van der Waals surface area contributed by atoms with E-state index in [9.17, 15) is 4.79 Å². The Balaban J connectivity index is 1.52. The number of nitrogen functional groups attached to an aromatic ring is 1. The molecular formula is C22H23N5O. The van der Waals surface area contributed by atoms with Crippen molar-refractivity contribution in [1.82, 2.24) is 20.6 Å². The van der Waals surface area contributed by atoms with Crippen molar-refractivity contribution >= 4 is 11.7 Å². The van der Waals surface area contributed by atoms with E-state index in [2.05, 4.69) is 57.0 Å². The maximum Gasteiger partial charge on any atom is 0.273 e. The topological polar surface area (TPSA) is 92.9 Å². The Morgan fingerprint density at radius 1 is 1.21 bits per heavy atom. The summed E-state index contributed by atoms with van der Waals surface area (Å²) in [5.74, 6) is -0.217. The summed E-state index contributed by atoms with van der Waals surface area (Å²) >= 11 is 0. The van der Waals surface area contributed by atoms with Crippen molar-refractivity contribution in [3.63, 3.8) is 0 Å². The highest BCUT2D eigenvalue weighted by Gasteiger charge is 2.21. The molecule has 4 rings (SSSR count). The van der Waals surface area contributed by atoms with Gasteiger partial charge in [-0.05, 0) is 35.6 Å². The van der Waals surface area contributed by atoms with E-state index in [1.807, 2.05) is 12.1 Å². The van der Waals surface area contributed by atoms with Crippen molar-refractivity contribution in [2.75, 3.05) is 12.8 Å². The third-order valence-corrected chi connectivity index (χ3v) is 5.15. The Labute approximate surface area is 164 Å². The zero-order valence-electron chi connectivity index (χ0n) is 15.8. The summed E-state index contributed by atoms with van der Waals surface area (Å²) in [6, 6.07) is 17.1. The van der Waals surface area contributed by atoms with Crippen molar-refractivity contribution < 1.29 is 4.79 Å². The molecule has 28 heavy (non-hydrogen) atoms. The molecule has 1 aliphatic rings. The smallest absolute Gasteiger partial charge is 0.273 e. The largest absolute Gasteiger partial charge is 0.382 e. The van der Waals surface area contributed by atoms with E-state index in [1.54, 1.807) is 13.2 Å². The van der Waals surface area contributed by atoms with Gasteiger partial charge < -0.3 is 16.4 Å². The highest BCUT2D eigenvalue weighted by atomic mass is 16.1. The molecule has 1 aromatic heterocycles. The van der Waals surface area contributed by atoms with Crippen LogP contribution >= 0.6 is 0 Å². The van der Waals surface area contributed by atoms with E-state index in [0.717, 1.165) is 30.5 Å². The molecule has 0 spiro atoms. The standard InChI is InChI=1S/C22H23N5O/c1-24-22(28)20-21(23)26-13-19(27-20)16-7-4-5-14(11-16)12-25-18-10-9-15-6-2-3-8-17(15)18/h2-8,11,13,18,25H,9-10,12H2,1H3,(H2,23,26)(H,24,28). The molecule has 0 radical (unpaired) electrons. The van der Waals surface area contributed by atoms with Gasteiger partial charge in [-0.2, -0.15) is 0 Å². The number of hydrogen-bond acceptors (Lipinski definition) is 5. The van der Waals surface area contributed by atoms with Gasteiger partial charge in [0.15, 0.2) is 11.5 Å². The minimum Gasteiger partial charge on any atom is -0.382 e. The quantitative estimate of drug-likeness (QED) is 0.639. The first-order valence-electron chi connectivity index (χ1n) is 9.41. The van der Waals surface area contributed by atoms with Gasteiger partial charge in [0.2, 0.25) is 0 Å². The minimum atomic E-state index is -0.343. The number of rotatable bonds is 5. The Kier molecular flexibility index (Phi) is 5.04. The van der Waals surface area contributed by atoms with Gasteiger partial charge in [0.05, 0.1) is 11.9 Å². The van der Waals surface area contributed by atoms with Crippen molar-refractivity contribution in [1.29, 1.82) is 0 Å². The Morgan fingerprint density at radius 2 is 2.07 bits per heavy atom. The van der Waals surface area contributed by atoms with Gasteiger partial charge in [-0.3, -0.25) is 4.79 Å². The summed E-state index contributed by atoms with van der Waals surface area (Å²) < 4.78 is 0. The van der Waals surface area contributed by atoms with Gasteiger partial charge in [-0.1, -0.05) is 42.5 Å². The summed E-state index contributed by atoms with van der Waals surface area (Å²) in [5, 5.41) is 6.20. The van der Waals surface area contributed by atoms with Crippen LogP contribution in [0.5, 0.6) is 0 Å². The number of nitrogens with zero attached hydrogens (tertiary/aromatic N) is 2. The van der Waals surface area contributed by atoms with E-state index in [-0.39, 0.29) is 17.4 Å². The lowest BCUT2D eigenvalue weighted by atomic mass is 10.1. The first kappa shape index (κ1) is 18.1. The van der Waals surface area contributed by atoms with Crippen molar-refractivity contribution in [2.24, 2.45) is 0 Å². The van der Waals surface area contributed by atoms with Crippen LogP contribution in [0.1, 0.15) is 39.6 Å². The van der Waals surface area contributed by atoms with Gasteiger partial charge in [-0.15, -0.1) is 0 Å². The fourth-order valence-corrected chi connectivity index (χ4v) is 3.67.